The minimum atomic E-state index is 0.134. The van der Waals surface area contributed by atoms with Crippen LogP contribution in [0.5, 0.6) is 11.5 Å². The predicted molar refractivity (Wildman–Crippen MR) is 79.8 cm³/mol. The number of carbonyl (C=O) groups is 1. The lowest BCUT2D eigenvalue weighted by Gasteiger charge is -2.08. The van der Waals surface area contributed by atoms with Gasteiger partial charge in [0.1, 0.15) is 24.4 Å². The highest BCUT2D eigenvalue weighted by Crippen LogP contribution is 2.16. The molecule has 2 aromatic rings. The van der Waals surface area contributed by atoms with Crippen LogP contribution in [0, 0.1) is 0 Å². The Hall–Kier alpha value is -2.33. The number of benzene rings is 2. The number of hydrogen-bond donors (Lipinski definition) is 1. The molecule has 0 aliphatic heterocycles. The van der Waals surface area contributed by atoms with Gasteiger partial charge in [0.15, 0.2) is 0 Å². The van der Waals surface area contributed by atoms with Crippen LogP contribution in [0.25, 0.3) is 0 Å². The van der Waals surface area contributed by atoms with Crippen LogP contribution in [0.3, 0.4) is 0 Å². The third kappa shape index (κ3) is 4.93. The van der Waals surface area contributed by atoms with Crippen LogP contribution in [-0.2, 0) is 6.61 Å². The molecule has 0 fully saturated rings. The van der Waals surface area contributed by atoms with E-state index in [-0.39, 0.29) is 6.61 Å². The van der Waals surface area contributed by atoms with Crippen molar-refractivity contribution in [2.24, 2.45) is 0 Å². The fourth-order valence-corrected chi connectivity index (χ4v) is 1.75. The number of ether oxygens (including phenoxy) is 2. The first-order valence-electron chi connectivity index (χ1n) is 6.82. The average Bonchev–Trinajstić information content (AvgIpc) is 2.55. The first-order valence-corrected chi connectivity index (χ1v) is 6.82. The fraction of sp³-hybridized carbons (Fsp3) is 0.235. The Balaban J connectivity index is 1.83. The van der Waals surface area contributed by atoms with E-state index in [2.05, 4.69) is 0 Å². The van der Waals surface area contributed by atoms with E-state index in [0.29, 0.717) is 25.2 Å². The van der Waals surface area contributed by atoms with Crippen LogP contribution in [0.2, 0.25) is 0 Å². The molecule has 4 heteroatoms. The molecule has 0 radical (unpaired) electrons. The van der Waals surface area contributed by atoms with Crippen molar-refractivity contribution in [1.29, 1.82) is 0 Å². The summed E-state index contributed by atoms with van der Waals surface area (Å²) in [5, 5.41) is 8.68. The zero-order valence-corrected chi connectivity index (χ0v) is 11.7. The van der Waals surface area contributed by atoms with Gasteiger partial charge in [0.25, 0.3) is 0 Å². The molecule has 1 N–H and O–H groups in total. The van der Waals surface area contributed by atoms with Gasteiger partial charge < -0.3 is 14.6 Å². The van der Waals surface area contributed by atoms with E-state index < -0.39 is 0 Å². The minimum absolute atomic E-state index is 0.134. The highest BCUT2D eigenvalue weighted by Gasteiger charge is 1.98. The summed E-state index contributed by atoms with van der Waals surface area (Å²) in [7, 11) is 0. The van der Waals surface area contributed by atoms with E-state index in [9.17, 15) is 4.79 Å². The summed E-state index contributed by atoms with van der Waals surface area (Å²) in [4.78, 5) is 10.6. The van der Waals surface area contributed by atoms with Gasteiger partial charge in [-0.25, -0.2) is 0 Å². The maximum atomic E-state index is 10.6. The van der Waals surface area contributed by atoms with Gasteiger partial charge in [-0.05, 0) is 42.0 Å². The van der Waals surface area contributed by atoms with E-state index in [1.165, 1.54) is 0 Å². The van der Waals surface area contributed by atoms with Gasteiger partial charge in [0.05, 0.1) is 6.61 Å². The molecule has 0 heterocycles. The standard InChI is InChI=1S/C17H18O4/c18-10-1-11-20-16-8-4-15(5-9-16)13-21-17-6-2-14(12-19)3-7-17/h2-9,12,18H,1,10-11,13H2. The quantitative estimate of drug-likeness (QED) is 0.599. The molecule has 0 bridgehead atoms. The van der Waals surface area contributed by atoms with E-state index in [4.69, 9.17) is 14.6 Å². The van der Waals surface area contributed by atoms with Gasteiger partial charge in [0, 0.05) is 18.6 Å². The van der Waals surface area contributed by atoms with Gasteiger partial charge in [0.2, 0.25) is 0 Å². The molecule has 110 valence electrons. The fourth-order valence-electron chi connectivity index (χ4n) is 1.75. The summed E-state index contributed by atoms with van der Waals surface area (Å²) in [5.41, 5.74) is 1.66. The highest BCUT2D eigenvalue weighted by atomic mass is 16.5. The van der Waals surface area contributed by atoms with E-state index in [0.717, 1.165) is 23.3 Å². The van der Waals surface area contributed by atoms with Crippen molar-refractivity contribution in [3.05, 3.63) is 59.7 Å². The second-order valence-corrected chi connectivity index (χ2v) is 4.55. The summed E-state index contributed by atoms with van der Waals surface area (Å²) in [6, 6.07) is 14.6. The lowest BCUT2D eigenvalue weighted by Crippen LogP contribution is -2.00. The Morgan fingerprint density at radius 2 is 1.52 bits per heavy atom. The first-order chi connectivity index (χ1) is 10.3. The zero-order valence-electron chi connectivity index (χ0n) is 11.7. The van der Waals surface area contributed by atoms with Crippen molar-refractivity contribution in [2.75, 3.05) is 13.2 Å². The van der Waals surface area contributed by atoms with Crippen molar-refractivity contribution in [2.45, 2.75) is 13.0 Å². The molecule has 0 aliphatic rings. The Morgan fingerprint density at radius 1 is 0.905 bits per heavy atom. The maximum absolute atomic E-state index is 10.6. The predicted octanol–water partition coefficient (Wildman–Crippen LogP) is 2.84. The Bertz CT molecular complexity index is 546. The van der Waals surface area contributed by atoms with Gasteiger partial charge in [-0.1, -0.05) is 12.1 Å². The van der Waals surface area contributed by atoms with E-state index >= 15 is 0 Å². The van der Waals surface area contributed by atoms with Crippen molar-refractivity contribution >= 4 is 6.29 Å². The van der Waals surface area contributed by atoms with Crippen LogP contribution < -0.4 is 9.47 Å². The van der Waals surface area contributed by atoms with Gasteiger partial charge >= 0.3 is 0 Å². The second kappa shape index (κ2) is 8.07. The van der Waals surface area contributed by atoms with E-state index in [1.54, 1.807) is 24.3 Å². The third-order valence-electron chi connectivity index (χ3n) is 2.92. The zero-order chi connectivity index (χ0) is 14.9. The summed E-state index contributed by atoms with van der Waals surface area (Å²) in [6.07, 6.45) is 1.43. The summed E-state index contributed by atoms with van der Waals surface area (Å²) in [6.45, 7) is 1.10. The number of carbonyl (C=O) groups excluding carboxylic acids is 1. The van der Waals surface area contributed by atoms with Gasteiger partial charge in [-0.15, -0.1) is 0 Å². The van der Waals surface area contributed by atoms with Crippen molar-refractivity contribution < 1.29 is 19.4 Å². The van der Waals surface area contributed by atoms with Gasteiger partial charge in [-0.2, -0.15) is 0 Å². The molecular formula is C17H18O4. The monoisotopic (exact) mass is 286 g/mol. The third-order valence-corrected chi connectivity index (χ3v) is 2.92. The molecule has 0 saturated heterocycles. The average molecular weight is 286 g/mol. The van der Waals surface area contributed by atoms with Crippen LogP contribution in [-0.4, -0.2) is 24.6 Å². The number of aliphatic hydroxyl groups excluding tert-OH is 1. The Kier molecular flexibility index (Phi) is 5.79. The molecule has 2 aromatic carbocycles. The topological polar surface area (TPSA) is 55.8 Å². The molecular weight excluding hydrogens is 268 g/mol. The number of rotatable bonds is 8. The van der Waals surface area contributed by atoms with Crippen molar-refractivity contribution in [1.82, 2.24) is 0 Å². The number of aliphatic hydroxyl groups is 1. The number of aldehydes is 1. The Labute approximate surface area is 123 Å². The molecule has 21 heavy (non-hydrogen) atoms. The molecule has 0 amide bonds. The van der Waals surface area contributed by atoms with Crippen LogP contribution >= 0.6 is 0 Å². The molecule has 0 aliphatic carbocycles. The molecule has 4 nitrogen and oxygen atoms in total. The smallest absolute Gasteiger partial charge is 0.150 e. The van der Waals surface area contributed by atoms with Crippen LogP contribution in [0.1, 0.15) is 22.3 Å². The number of hydrogen-bond acceptors (Lipinski definition) is 4. The van der Waals surface area contributed by atoms with Crippen molar-refractivity contribution in [3.63, 3.8) is 0 Å². The first kappa shape index (κ1) is 15.1. The summed E-state index contributed by atoms with van der Waals surface area (Å²) >= 11 is 0. The molecule has 0 saturated carbocycles. The maximum Gasteiger partial charge on any atom is 0.150 e. The second-order valence-electron chi connectivity index (χ2n) is 4.55. The SMILES string of the molecule is O=Cc1ccc(OCc2ccc(OCCCO)cc2)cc1. The lowest BCUT2D eigenvalue weighted by atomic mass is 10.2. The summed E-state index contributed by atoms with van der Waals surface area (Å²) < 4.78 is 11.1. The molecule has 0 unspecified atom stereocenters. The Morgan fingerprint density at radius 3 is 2.14 bits per heavy atom. The molecule has 2 rings (SSSR count). The molecule has 0 aromatic heterocycles. The minimum Gasteiger partial charge on any atom is -0.494 e. The van der Waals surface area contributed by atoms with Crippen LogP contribution in [0.4, 0.5) is 0 Å². The molecule has 0 atom stereocenters. The van der Waals surface area contributed by atoms with Crippen LogP contribution in [0.15, 0.2) is 48.5 Å². The molecule has 0 spiro atoms. The lowest BCUT2D eigenvalue weighted by molar-refractivity contribution is 0.112. The highest BCUT2D eigenvalue weighted by molar-refractivity contribution is 5.74. The largest absolute Gasteiger partial charge is 0.494 e. The van der Waals surface area contributed by atoms with Gasteiger partial charge in [-0.3, -0.25) is 4.79 Å². The normalized spacial score (nSPS) is 10.1. The van der Waals surface area contributed by atoms with E-state index in [1.807, 2.05) is 24.3 Å². The van der Waals surface area contributed by atoms with Crippen molar-refractivity contribution in [3.8, 4) is 11.5 Å². The summed E-state index contributed by atoms with van der Waals surface area (Å²) in [5.74, 6) is 1.51.